The molecule has 0 aliphatic carbocycles. The minimum absolute atomic E-state index is 0.157. The smallest absolute Gasteiger partial charge is 0.0718 e. The number of β-amino-alcohol motifs (C(OH)–C–C–N with tert-alkyl or cyclic N) is 1. The van der Waals surface area contributed by atoms with E-state index < -0.39 is 5.60 Å². The van der Waals surface area contributed by atoms with E-state index in [1.165, 1.54) is 5.57 Å². The first kappa shape index (κ1) is 12.1. The van der Waals surface area contributed by atoms with Crippen molar-refractivity contribution in [2.75, 3.05) is 13.1 Å². The third-order valence-electron chi connectivity index (χ3n) is 2.58. The monoisotopic (exact) mass is 215 g/mol. The average Bonchev–Trinajstić information content (AvgIpc) is 1.91. The fraction of sp³-hybridized carbons (Fsp3) is 0.818. The minimum atomic E-state index is -0.650. The third kappa shape index (κ3) is 3.30. The molecule has 0 bridgehead atoms. The molecule has 14 heavy (non-hydrogen) atoms. The van der Waals surface area contributed by atoms with Crippen molar-refractivity contribution in [2.45, 2.75) is 44.1 Å². The highest BCUT2D eigenvalue weighted by molar-refractivity contribution is 7.81. The Kier molecular flexibility index (Phi) is 3.34. The fourth-order valence-corrected chi connectivity index (χ4v) is 2.32. The first-order valence-corrected chi connectivity index (χ1v) is 5.52. The van der Waals surface area contributed by atoms with Crippen molar-refractivity contribution in [2.24, 2.45) is 0 Å². The molecule has 0 saturated carbocycles. The van der Waals surface area contributed by atoms with Gasteiger partial charge in [-0.15, -0.1) is 0 Å². The molecule has 0 aromatic carbocycles. The van der Waals surface area contributed by atoms with Crippen LogP contribution in [0.3, 0.4) is 0 Å². The Bertz CT molecular complexity index is 230. The summed E-state index contributed by atoms with van der Waals surface area (Å²) in [5.74, 6) is 0. The summed E-state index contributed by atoms with van der Waals surface area (Å²) in [5.41, 5.74) is 0.609. The van der Waals surface area contributed by atoms with Gasteiger partial charge in [0.15, 0.2) is 0 Å². The van der Waals surface area contributed by atoms with E-state index >= 15 is 0 Å². The van der Waals surface area contributed by atoms with Crippen LogP contribution < -0.4 is 0 Å². The second-order valence-electron chi connectivity index (χ2n) is 5.13. The highest BCUT2D eigenvalue weighted by Crippen LogP contribution is 2.34. The second kappa shape index (κ2) is 3.87. The number of likely N-dealkylation sites (tertiary alicyclic amines) is 1. The van der Waals surface area contributed by atoms with E-state index in [1.807, 2.05) is 13.8 Å². The van der Waals surface area contributed by atoms with Crippen LogP contribution in [0.25, 0.3) is 0 Å². The van der Waals surface area contributed by atoms with Crippen molar-refractivity contribution < 1.29 is 5.11 Å². The molecular weight excluding hydrogens is 194 g/mol. The number of aliphatic hydroxyl groups is 1. The Morgan fingerprint density at radius 1 is 1.64 bits per heavy atom. The summed E-state index contributed by atoms with van der Waals surface area (Å²) in [6.07, 6.45) is 1.93. The van der Waals surface area contributed by atoms with Crippen LogP contribution >= 0.6 is 12.6 Å². The maximum Gasteiger partial charge on any atom is 0.0718 e. The maximum atomic E-state index is 9.77. The predicted molar refractivity (Wildman–Crippen MR) is 63.6 cm³/mol. The Balaban J connectivity index is 2.65. The molecule has 1 heterocycles. The molecule has 0 amide bonds. The molecule has 1 unspecified atom stereocenters. The summed E-state index contributed by atoms with van der Waals surface area (Å²) in [7, 11) is 0. The molecule has 1 N–H and O–H groups in total. The maximum absolute atomic E-state index is 9.77. The van der Waals surface area contributed by atoms with Crippen molar-refractivity contribution in [3.8, 4) is 0 Å². The molecule has 1 rings (SSSR count). The lowest BCUT2D eigenvalue weighted by molar-refractivity contribution is 0.0119. The van der Waals surface area contributed by atoms with Crippen molar-refractivity contribution in [1.82, 2.24) is 4.90 Å². The second-order valence-corrected chi connectivity index (χ2v) is 6.09. The highest BCUT2D eigenvalue weighted by Gasteiger charge is 2.34. The summed E-state index contributed by atoms with van der Waals surface area (Å²) >= 11 is 4.64. The molecule has 0 radical (unpaired) electrons. The van der Waals surface area contributed by atoms with Gasteiger partial charge in [0.05, 0.1) is 10.5 Å². The Morgan fingerprint density at radius 3 is 2.64 bits per heavy atom. The summed E-state index contributed by atoms with van der Waals surface area (Å²) < 4.78 is 0. The van der Waals surface area contributed by atoms with Crippen LogP contribution in [0.1, 0.15) is 33.6 Å². The molecule has 0 spiro atoms. The van der Waals surface area contributed by atoms with E-state index in [-0.39, 0.29) is 4.87 Å². The van der Waals surface area contributed by atoms with E-state index in [2.05, 4.69) is 31.0 Å². The standard InChI is InChI=1S/C11H21NOS/c1-9-5-6-12(8-10(2,3)13)11(4,14)7-9/h13-14H,1,5-8H2,2-4H3. The van der Waals surface area contributed by atoms with Crippen LogP contribution in [-0.4, -0.2) is 33.6 Å². The van der Waals surface area contributed by atoms with Gasteiger partial charge in [-0.2, -0.15) is 12.6 Å². The van der Waals surface area contributed by atoms with E-state index in [1.54, 1.807) is 0 Å². The summed E-state index contributed by atoms with van der Waals surface area (Å²) in [6.45, 7) is 11.4. The van der Waals surface area contributed by atoms with Gasteiger partial charge in [0.25, 0.3) is 0 Å². The Labute approximate surface area is 92.4 Å². The van der Waals surface area contributed by atoms with E-state index in [4.69, 9.17) is 0 Å². The quantitative estimate of drug-likeness (QED) is 0.544. The Hall–Kier alpha value is 0.0100. The predicted octanol–water partition coefficient (Wildman–Crippen LogP) is 2.06. The van der Waals surface area contributed by atoms with Crippen molar-refractivity contribution in [1.29, 1.82) is 0 Å². The van der Waals surface area contributed by atoms with Crippen LogP contribution in [-0.2, 0) is 0 Å². The zero-order valence-corrected chi connectivity index (χ0v) is 10.3. The molecule has 1 fully saturated rings. The van der Waals surface area contributed by atoms with E-state index in [0.717, 1.165) is 19.4 Å². The molecular formula is C11H21NOS. The van der Waals surface area contributed by atoms with Crippen molar-refractivity contribution >= 4 is 12.6 Å². The number of hydrogen-bond acceptors (Lipinski definition) is 3. The lowest BCUT2D eigenvalue weighted by atomic mass is 9.96. The number of nitrogens with zero attached hydrogens (tertiary/aromatic N) is 1. The molecule has 3 heteroatoms. The van der Waals surface area contributed by atoms with Gasteiger partial charge in [-0.25, -0.2) is 0 Å². The molecule has 2 nitrogen and oxygen atoms in total. The van der Waals surface area contributed by atoms with E-state index in [9.17, 15) is 5.11 Å². The van der Waals surface area contributed by atoms with Crippen molar-refractivity contribution in [3.05, 3.63) is 12.2 Å². The summed E-state index contributed by atoms with van der Waals surface area (Å²) in [4.78, 5) is 2.07. The van der Waals surface area contributed by atoms with Crippen LogP contribution in [0, 0.1) is 0 Å². The van der Waals surface area contributed by atoms with Gasteiger partial charge in [-0.1, -0.05) is 12.2 Å². The summed E-state index contributed by atoms with van der Waals surface area (Å²) in [5, 5.41) is 9.77. The average molecular weight is 215 g/mol. The molecule has 1 aliphatic heterocycles. The number of thiol groups is 1. The lowest BCUT2D eigenvalue weighted by Crippen LogP contribution is -2.51. The van der Waals surface area contributed by atoms with Gasteiger partial charge in [-0.05, 0) is 33.6 Å². The fourth-order valence-electron chi connectivity index (χ4n) is 1.92. The van der Waals surface area contributed by atoms with Gasteiger partial charge in [0.2, 0.25) is 0 Å². The number of rotatable bonds is 2. The zero-order chi connectivity index (χ0) is 11.0. The molecule has 1 atom stereocenters. The summed E-state index contributed by atoms with van der Waals surface area (Å²) in [6, 6.07) is 0. The van der Waals surface area contributed by atoms with Gasteiger partial charge in [0.1, 0.15) is 0 Å². The van der Waals surface area contributed by atoms with Gasteiger partial charge in [0, 0.05) is 13.1 Å². The number of piperidine rings is 1. The highest BCUT2D eigenvalue weighted by atomic mass is 32.1. The van der Waals surface area contributed by atoms with Crippen LogP contribution in [0.4, 0.5) is 0 Å². The van der Waals surface area contributed by atoms with Crippen LogP contribution in [0.2, 0.25) is 0 Å². The largest absolute Gasteiger partial charge is 0.389 e. The Morgan fingerprint density at radius 2 is 2.21 bits per heavy atom. The van der Waals surface area contributed by atoms with Gasteiger partial charge < -0.3 is 5.11 Å². The minimum Gasteiger partial charge on any atom is -0.389 e. The zero-order valence-electron chi connectivity index (χ0n) is 9.38. The topological polar surface area (TPSA) is 23.5 Å². The number of hydrogen-bond donors (Lipinski definition) is 2. The first-order valence-electron chi connectivity index (χ1n) is 5.07. The van der Waals surface area contributed by atoms with Gasteiger partial charge in [-0.3, -0.25) is 4.90 Å². The lowest BCUT2D eigenvalue weighted by Gasteiger charge is -2.44. The molecule has 0 aromatic rings. The molecule has 1 saturated heterocycles. The third-order valence-corrected chi connectivity index (χ3v) is 3.02. The van der Waals surface area contributed by atoms with Crippen LogP contribution in [0.5, 0.6) is 0 Å². The molecule has 1 aliphatic rings. The first-order chi connectivity index (χ1) is 6.21. The molecule has 82 valence electrons. The SMILES string of the molecule is C=C1CCN(CC(C)(C)O)C(C)(S)C1. The molecule has 0 aromatic heterocycles. The van der Waals surface area contributed by atoms with E-state index in [0.29, 0.717) is 6.54 Å². The van der Waals surface area contributed by atoms with Gasteiger partial charge >= 0.3 is 0 Å². The normalized spacial score (nSPS) is 30.8. The van der Waals surface area contributed by atoms with Crippen LogP contribution in [0.15, 0.2) is 12.2 Å². The van der Waals surface area contributed by atoms with Crippen molar-refractivity contribution in [3.63, 3.8) is 0 Å².